The first kappa shape index (κ1) is 30.6. The molecule has 0 atom stereocenters. The van der Waals surface area contributed by atoms with Gasteiger partial charge in [0.15, 0.2) is 0 Å². The van der Waals surface area contributed by atoms with Crippen LogP contribution in [-0.2, 0) is 5.41 Å². The van der Waals surface area contributed by atoms with Gasteiger partial charge in [-0.25, -0.2) is 4.98 Å². The molecule has 54 heavy (non-hydrogen) atoms. The lowest BCUT2D eigenvalue weighted by Crippen LogP contribution is -2.40. The summed E-state index contributed by atoms with van der Waals surface area (Å²) in [5.74, 6) is 2.27. The molecule has 2 aromatic heterocycles. The Labute approximate surface area is 315 Å². The van der Waals surface area contributed by atoms with Crippen LogP contribution < -0.4 is 14.5 Å². The summed E-state index contributed by atoms with van der Waals surface area (Å²) < 4.78 is 8.98. The van der Waals surface area contributed by atoms with Crippen molar-refractivity contribution in [2.24, 2.45) is 0 Å². The normalized spacial score (nSPS) is 14.3. The van der Waals surface area contributed by atoms with Gasteiger partial charge in [-0.2, -0.15) is 10.5 Å². The van der Waals surface area contributed by atoms with E-state index in [0.29, 0.717) is 23.5 Å². The summed E-state index contributed by atoms with van der Waals surface area (Å²) in [5, 5.41) is 22.6. The molecule has 0 amide bonds. The van der Waals surface area contributed by atoms with Gasteiger partial charge >= 0.3 is 0 Å². The predicted molar refractivity (Wildman–Crippen MR) is 212 cm³/mol. The van der Waals surface area contributed by atoms with Crippen LogP contribution in [-0.4, -0.2) is 23.3 Å². The fraction of sp³-hybridized carbons (Fsp3) is 0.0652. The van der Waals surface area contributed by atoms with Crippen molar-refractivity contribution in [3.8, 4) is 29.5 Å². The number of hydrogen-bond donors (Lipinski definition) is 0. The molecule has 8 aromatic rings. The summed E-state index contributed by atoms with van der Waals surface area (Å²) in [6, 6.07) is 50.3. The fourth-order valence-electron chi connectivity index (χ4n) is 8.93. The van der Waals surface area contributed by atoms with Gasteiger partial charge in [0, 0.05) is 45.9 Å². The highest BCUT2D eigenvalue weighted by Crippen LogP contribution is 2.64. The summed E-state index contributed by atoms with van der Waals surface area (Å²) in [6.45, 7) is 0.667. The van der Waals surface area contributed by atoms with Crippen LogP contribution in [0, 0.1) is 22.7 Å². The van der Waals surface area contributed by atoms with E-state index in [1.807, 2.05) is 54.7 Å². The number of nitrogens with zero attached hydrogens (tertiary/aromatic N) is 6. The maximum Gasteiger partial charge on any atom is 0.137 e. The van der Waals surface area contributed by atoms with Gasteiger partial charge in [-0.3, -0.25) is 4.57 Å². The van der Waals surface area contributed by atoms with Gasteiger partial charge < -0.3 is 14.5 Å². The monoisotopic (exact) mass is 712 g/mol. The largest absolute Gasteiger partial charge is 0.457 e. The van der Waals surface area contributed by atoms with Crippen LogP contribution >= 0.6 is 11.8 Å². The van der Waals surface area contributed by atoms with Crippen LogP contribution in [0.15, 0.2) is 149 Å². The lowest BCUT2D eigenvalue weighted by Gasteiger charge is -2.47. The Morgan fingerprint density at radius 1 is 0.648 bits per heavy atom. The molecular weight excluding hydrogens is 685 g/mol. The van der Waals surface area contributed by atoms with Gasteiger partial charge in [-0.15, -0.1) is 0 Å². The molecule has 3 aliphatic heterocycles. The van der Waals surface area contributed by atoms with Crippen molar-refractivity contribution in [3.05, 3.63) is 173 Å². The highest BCUT2D eigenvalue weighted by atomic mass is 32.2. The third kappa shape index (κ3) is 4.09. The van der Waals surface area contributed by atoms with Crippen LogP contribution in [0.3, 0.4) is 0 Å². The van der Waals surface area contributed by atoms with E-state index in [-0.39, 0.29) is 0 Å². The average Bonchev–Trinajstić information content (AvgIpc) is 3.74. The molecule has 0 bridgehead atoms. The van der Waals surface area contributed by atoms with E-state index < -0.39 is 5.41 Å². The summed E-state index contributed by atoms with van der Waals surface area (Å²) in [5.41, 5.74) is 10.1. The zero-order valence-electron chi connectivity index (χ0n) is 29.0. The van der Waals surface area contributed by atoms with Gasteiger partial charge in [0.2, 0.25) is 0 Å². The number of aromatic nitrogens is 2. The molecule has 3 aliphatic rings. The molecule has 0 fully saturated rings. The third-order valence-corrected chi connectivity index (χ3v) is 12.3. The molecule has 0 radical (unpaired) electrons. The standard InChI is InChI=1S/C46H28N6OS/c1-50-27-51-41-24-31(53-30-14-16-33-32-7-2-3-9-38(32)52(40(33)23-30)44-11-4-5-20-49-44)15-17-34(41)46(35-8-6-10-39(50)45(35)51)36-21-28(25-47)12-18-42(36)54-43-19-13-29(26-48)22-37(43)46/h2-24H,27H2,1H3. The topological polar surface area (TPSA) is 81.1 Å². The van der Waals surface area contributed by atoms with E-state index in [2.05, 4.69) is 118 Å². The highest BCUT2D eigenvalue weighted by Gasteiger charge is 2.52. The molecule has 0 aliphatic carbocycles. The summed E-state index contributed by atoms with van der Waals surface area (Å²) in [6.07, 6.45) is 1.82. The quantitative estimate of drug-likeness (QED) is 0.180. The second kappa shape index (κ2) is 11.2. The Morgan fingerprint density at radius 2 is 1.37 bits per heavy atom. The first-order valence-electron chi connectivity index (χ1n) is 17.7. The second-order valence-electron chi connectivity index (χ2n) is 13.9. The summed E-state index contributed by atoms with van der Waals surface area (Å²) in [4.78, 5) is 11.5. The number of pyridine rings is 1. The number of fused-ring (bicyclic) bond motifs is 11. The van der Waals surface area contributed by atoms with Crippen molar-refractivity contribution < 1.29 is 4.74 Å². The molecule has 5 heterocycles. The lowest BCUT2D eigenvalue weighted by molar-refractivity contribution is 0.482. The zero-order valence-corrected chi connectivity index (χ0v) is 29.8. The Kier molecular flexibility index (Phi) is 6.38. The Balaban J connectivity index is 1.14. The molecule has 0 saturated heterocycles. The highest BCUT2D eigenvalue weighted by molar-refractivity contribution is 7.99. The van der Waals surface area contributed by atoms with E-state index in [1.165, 1.54) is 0 Å². The second-order valence-corrected chi connectivity index (χ2v) is 15.0. The van der Waals surface area contributed by atoms with Crippen LogP contribution in [0.5, 0.6) is 11.5 Å². The molecule has 1 spiro atoms. The van der Waals surface area contributed by atoms with Crippen molar-refractivity contribution in [2.45, 2.75) is 15.2 Å². The van der Waals surface area contributed by atoms with E-state index in [0.717, 1.165) is 82.5 Å². The van der Waals surface area contributed by atoms with Crippen molar-refractivity contribution in [2.75, 3.05) is 23.5 Å². The number of para-hydroxylation sites is 2. The summed E-state index contributed by atoms with van der Waals surface area (Å²) >= 11 is 1.69. The maximum absolute atomic E-state index is 10.2. The van der Waals surface area contributed by atoms with Crippen LogP contribution in [0.2, 0.25) is 0 Å². The predicted octanol–water partition coefficient (Wildman–Crippen LogP) is 10.4. The van der Waals surface area contributed by atoms with Gasteiger partial charge in [-0.05, 0) is 101 Å². The van der Waals surface area contributed by atoms with E-state index in [9.17, 15) is 10.5 Å². The molecule has 6 aromatic carbocycles. The minimum absolute atomic E-state index is 0.598. The first-order chi connectivity index (χ1) is 26.6. The number of rotatable bonds is 3. The number of benzene rings is 6. The molecule has 254 valence electrons. The lowest BCUT2D eigenvalue weighted by atomic mass is 9.62. The smallest absolute Gasteiger partial charge is 0.137 e. The Morgan fingerprint density at radius 3 is 2.13 bits per heavy atom. The molecule has 7 nitrogen and oxygen atoms in total. The first-order valence-corrected chi connectivity index (χ1v) is 18.5. The van der Waals surface area contributed by atoms with E-state index in [1.54, 1.807) is 11.8 Å². The Hall–Kier alpha value is -7.00. The maximum atomic E-state index is 10.2. The van der Waals surface area contributed by atoms with Gasteiger partial charge in [0.05, 0.1) is 63.4 Å². The van der Waals surface area contributed by atoms with E-state index in [4.69, 9.17) is 9.72 Å². The molecule has 0 saturated carbocycles. The molecule has 0 unspecified atom stereocenters. The van der Waals surface area contributed by atoms with Gasteiger partial charge in [0.1, 0.15) is 17.3 Å². The van der Waals surface area contributed by atoms with Crippen molar-refractivity contribution >= 4 is 50.6 Å². The number of nitriles is 2. The van der Waals surface area contributed by atoms with Gasteiger partial charge in [-0.1, -0.05) is 54.2 Å². The third-order valence-electron chi connectivity index (χ3n) is 11.1. The molecule has 11 rings (SSSR count). The summed E-state index contributed by atoms with van der Waals surface area (Å²) in [7, 11) is 2.12. The van der Waals surface area contributed by atoms with Crippen LogP contribution in [0.25, 0.3) is 27.6 Å². The fourth-order valence-corrected chi connectivity index (χ4v) is 10.1. The van der Waals surface area contributed by atoms with E-state index >= 15 is 0 Å². The van der Waals surface area contributed by atoms with Gasteiger partial charge in [0.25, 0.3) is 0 Å². The SMILES string of the molecule is CN1CN2c3cc(Oc4ccc5c6ccccc6n(-c6ccccn6)c5c4)ccc3C3(c4cc(C#N)ccc4Sc4ccc(C#N)cc43)c3cccc1c32. The number of ether oxygens (including phenoxy) is 1. The van der Waals surface area contributed by atoms with Crippen molar-refractivity contribution in [1.29, 1.82) is 10.5 Å². The Bertz CT molecular complexity index is 2930. The average molecular weight is 713 g/mol. The van der Waals surface area contributed by atoms with Crippen molar-refractivity contribution in [3.63, 3.8) is 0 Å². The minimum atomic E-state index is -0.793. The minimum Gasteiger partial charge on any atom is -0.457 e. The zero-order chi connectivity index (χ0) is 36.1. The number of anilines is 3. The molecule has 0 N–H and O–H groups in total. The van der Waals surface area contributed by atoms with Crippen molar-refractivity contribution in [1.82, 2.24) is 9.55 Å². The van der Waals surface area contributed by atoms with Crippen LogP contribution in [0.4, 0.5) is 17.1 Å². The molecular formula is C46H28N6OS. The van der Waals surface area contributed by atoms with Crippen LogP contribution in [0.1, 0.15) is 33.4 Å². The number of hydrogen-bond acceptors (Lipinski definition) is 7. The molecule has 8 heteroatoms.